The molecule has 0 aliphatic carbocycles. The molecule has 0 aromatic heterocycles. The van der Waals surface area contributed by atoms with Gasteiger partial charge in [-0.15, -0.1) is 12.4 Å². The Balaban J connectivity index is 0.00000341. The molecule has 1 aliphatic heterocycles. The Kier molecular flexibility index (Phi) is 8.42. The first-order chi connectivity index (χ1) is 14.3. The van der Waals surface area contributed by atoms with Crippen LogP contribution in [0.3, 0.4) is 0 Å². The van der Waals surface area contributed by atoms with Crippen molar-refractivity contribution in [1.82, 2.24) is 4.90 Å². The van der Waals surface area contributed by atoms with Crippen molar-refractivity contribution in [1.29, 1.82) is 0 Å². The second-order valence-electron chi connectivity index (χ2n) is 8.24. The fourth-order valence-electron chi connectivity index (χ4n) is 4.18. The van der Waals surface area contributed by atoms with E-state index in [1.54, 1.807) is 0 Å². The van der Waals surface area contributed by atoms with E-state index in [0.29, 0.717) is 25.1 Å². The van der Waals surface area contributed by atoms with Crippen LogP contribution in [0.4, 0.5) is 5.69 Å². The topological polar surface area (TPSA) is 110 Å². The van der Waals surface area contributed by atoms with Crippen LogP contribution < -0.4 is 16.4 Å². The third kappa shape index (κ3) is 5.35. The van der Waals surface area contributed by atoms with Gasteiger partial charge >= 0.3 is 0 Å². The van der Waals surface area contributed by atoms with Crippen molar-refractivity contribution in [3.63, 3.8) is 0 Å². The summed E-state index contributed by atoms with van der Waals surface area (Å²) in [5.41, 5.74) is 11.9. The fourth-order valence-corrected chi connectivity index (χ4v) is 4.18. The van der Waals surface area contributed by atoms with Crippen LogP contribution in [0.1, 0.15) is 33.1 Å². The highest BCUT2D eigenvalue weighted by molar-refractivity contribution is 6.05. The summed E-state index contributed by atoms with van der Waals surface area (Å²) >= 11 is 0. The SMILES string of the molecule is CC(C)C[C@@H](C(N)=O)N(C(=O)[C@@H]1CCCN1C(=O)CN)c1ccc2ccccc2c1.Cl. The van der Waals surface area contributed by atoms with E-state index in [1.165, 1.54) is 9.80 Å². The monoisotopic (exact) mass is 446 g/mol. The molecule has 168 valence electrons. The van der Waals surface area contributed by atoms with Crippen LogP contribution in [-0.4, -0.2) is 47.8 Å². The third-order valence-electron chi connectivity index (χ3n) is 5.62. The number of likely N-dealkylation sites (tertiary alicyclic amines) is 1. The zero-order valence-electron chi connectivity index (χ0n) is 18.0. The lowest BCUT2D eigenvalue weighted by Gasteiger charge is -2.35. The summed E-state index contributed by atoms with van der Waals surface area (Å²) in [5, 5.41) is 2.00. The predicted molar refractivity (Wildman–Crippen MR) is 125 cm³/mol. The van der Waals surface area contributed by atoms with Gasteiger partial charge in [-0.2, -0.15) is 0 Å². The lowest BCUT2D eigenvalue weighted by atomic mass is 9.99. The smallest absolute Gasteiger partial charge is 0.250 e. The quantitative estimate of drug-likeness (QED) is 0.680. The molecule has 7 nitrogen and oxygen atoms in total. The van der Waals surface area contributed by atoms with E-state index in [0.717, 1.165) is 17.2 Å². The number of fused-ring (bicyclic) bond motifs is 1. The summed E-state index contributed by atoms with van der Waals surface area (Å²) in [6.07, 6.45) is 1.70. The van der Waals surface area contributed by atoms with Crippen molar-refractivity contribution >= 4 is 46.6 Å². The molecule has 2 atom stereocenters. The van der Waals surface area contributed by atoms with Crippen molar-refractivity contribution in [3.8, 4) is 0 Å². The maximum atomic E-state index is 13.7. The van der Waals surface area contributed by atoms with Crippen LogP contribution in [0.5, 0.6) is 0 Å². The third-order valence-corrected chi connectivity index (χ3v) is 5.62. The maximum absolute atomic E-state index is 13.7. The zero-order chi connectivity index (χ0) is 21.8. The number of amides is 3. The molecule has 0 saturated carbocycles. The molecule has 0 spiro atoms. The van der Waals surface area contributed by atoms with Gasteiger partial charge in [-0.3, -0.25) is 19.3 Å². The van der Waals surface area contributed by atoms with Gasteiger partial charge in [-0.1, -0.05) is 44.2 Å². The van der Waals surface area contributed by atoms with Gasteiger partial charge in [0, 0.05) is 12.2 Å². The first-order valence-corrected chi connectivity index (χ1v) is 10.4. The Morgan fingerprint density at radius 2 is 1.81 bits per heavy atom. The Labute approximate surface area is 189 Å². The van der Waals surface area contributed by atoms with Gasteiger partial charge < -0.3 is 16.4 Å². The van der Waals surface area contributed by atoms with Gasteiger partial charge in [0.05, 0.1) is 6.54 Å². The van der Waals surface area contributed by atoms with Crippen LogP contribution in [0.25, 0.3) is 10.8 Å². The lowest BCUT2D eigenvalue weighted by molar-refractivity contribution is -0.136. The molecule has 1 aliphatic rings. The van der Waals surface area contributed by atoms with Crippen LogP contribution in [0, 0.1) is 5.92 Å². The average Bonchev–Trinajstić information content (AvgIpc) is 3.22. The molecule has 4 N–H and O–H groups in total. The number of anilines is 1. The number of nitrogens with zero attached hydrogens (tertiary/aromatic N) is 2. The van der Waals surface area contributed by atoms with Gasteiger partial charge in [0.25, 0.3) is 5.91 Å². The Morgan fingerprint density at radius 1 is 1.13 bits per heavy atom. The number of carbonyl (C=O) groups excluding carboxylic acids is 3. The minimum atomic E-state index is -0.797. The second-order valence-corrected chi connectivity index (χ2v) is 8.24. The molecule has 2 aromatic rings. The standard InChI is InChI=1S/C23H30N4O3.ClH/c1-15(2)12-20(22(25)29)27(18-10-9-16-6-3-4-7-17(16)13-18)23(30)19-8-5-11-26(19)21(28)14-24;/h3-4,6-7,9-10,13,15,19-20H,5,8,11-12,14,24H2,1-2H3,(H2,25,29);1H/t19-,20-;/m0./s1. The van der Waals surface area contributed by atoms with E-state index < -0.39 is 18.0 Å². The molecule has 1 heterocycles. The summed E-state index contributed by atoms with van der Waals surface area (Å²) in [7, 11) is 0. The van der Waals surface area contributed by atoms with E-state index in [4.69, 9.17) is 11.5 Å². The number of nitrogens with two attached hydrogens (primary N) is 2. The number of carbonyl (C=O) groups is 3. The number of rotatable bonds is 7. The molecular weight excluding hydrogens is 416 g/mol. The van der Waals surface area contributed by atoms with Crippen molar-refractivity contribution in [2.45, 2.75) is 45.2 Å². The summed E-state index contributed by atoms with van der Waals surface area (Å²) in [6.45, 7) is 4.31. The maximum Gasteiger partial charge on any atom is 0.250 e. The highest BCUT2D eigenvalue weighted by Crippen LogP contribution is 2.29. The average molecular weight is 447 g/mol. The van der Waals surface area contributed by atoms with E-state index in [-0.39, 0.29) is 36.7 Å². The number of halogens is 1. The van der Waals surface area contributed by atoms with Gasteiger partial charge in [-0.05, 0) is 48.1 Å². The number of benzene rings is 2. The Hall–Kier alpha value is -2.64. The van der Waals surface area contributed by atoms with Crippen molar-refractivity contribution in [2.24, 2.45) is 17.4 Å². The number of primary amides is 1. The molecule has 0 bridgehead atoms. The van der Waals surface area contributed by atoms with E-state index >= 15 is 0 Å². The highest BCUT2D eigenvalue weighted by atomic mass is 35.5. The van der Waals surface area contributed by atoms with Crippen molar-refractivity contribution < 1.29 is 14.4 Å². The van der Waals surface area contributed by atoms with Gasteiger partial charge in [-0.25, -0.2) is 0 Å². The van der Waals surface area contributed by atoms with Crippen molar-refractivity contribution in [2.75, 3.05) is 18.0 Å². The summed E-state index contributed by atoms with van der Waals surface area (Å²) in [6, 6.07) is 12.0. The first-order valence-electron chi connectivity index (χ1n) is 10.4. The molecule has 1 fully saturated rings. The highest BCUT2D eigenvalue weighted by Gasteiger charge is 2.40. The van der Waals surface area contributed by atoms with Gasteiger partial charge in [0.1, 0.15) is 12.1 Å². The van der Waals surface area contributed by atoms with Crippen LogP contribution >= 0.6 is 12.4 Å². The number of hydrogen-bond acceptors (Lipinski definition) is 4. The van der Waals surface area contributed by atoms with Crippen LogP contribution in [0.2, 0.25) is 0 Å². The fraction of sp³-hybridized carbons (Fsp3) is 0.435. The molecule has 0 unspecified atom stereocenters. The number of hydrogen-bond donors (Lipinski definition) is 2. The van der Waals surface area contributed by atoms with E-state index in [2.05, 4.69) is 0 Å². The van der Waals surface area contributed by atoms with E-state index in [1.807, 2.05) is 56.3 Å². The first kappa shape index (κ1) is 24.6. The molecule has 1 saturated heterocycles. The van der Waals surface area contributed by atoms with Crippen molar-refractivity contribution in [3.05, 3.63) is 42.5 Å². The van der Waals surface area contributed by atoms with Gasteiger partial charge in [0.2, 0.25) is 11.8 Å². The molecule has 8 heteroatoms. The predicted octanol–water partition coefficient (Wildman–Crippen LogP) is 2.44. The Morgan fingerprint density at radius 3 is 2.42 bits per heavy atom. The molecule has 2 aromatic carbocycles. The molecule has 0 radical (unpaired) electrons. The minimum absolute atomic E-state index is 0. The van der Waals surface area contributed by atoms with E-state index in [9.17, 15) is 14.4 Å². The van der Waals surface area contributed by atoms with Crippen LogP contribution in [0.15, 0.2) is 42.5 Å². The molecule has 3 rings (SSSR count). The van der Waals surface area contributed by atoms with Crippen LogP contribution in [-0.2, 0) is 14.4 Å². The van der Waals surface area contributed by atoms with Gasteiger partial charge in [0.15, 0.2) is 0 Å². The summed E-state index contributed by atoms with van der Waals surface area (Å²) in [4.78, 5) is 41.5. The largest absolute Gasteiger partial charge is 0.368 e. The second kappa shape index (κ2) is 10.6. The zero-order valence-corrected chi connectivity index (χ0v) is 18.8. The summed E-state index contributed by atoms with van der Waals surface area (Å²) in [5.74, 6) is -0.943. The molecular formula is C23H31ClN4O3. The normalized spacial score (nSPS) is 16.8. The minimum Gasteiger partial charge on any atom is -0.368 e. The molecule has 31 heavy (non-hydrogen) atoms. The Bertz CT molecular complexity index is 949. The molecule has 3 amide bonds. The summed E-state index contributed by atoms with van der Waals surface area (Å²) < 4.78 is 0. The lowest BCUT2D eigenvalue weighted by Crippen LogP contribution is -2.56.